The lowest BCUT2D eigenvalue weighted by Crippen LogP contribution is -2.29. The van der Waals surface area contributed by atoms with E-state index in [0.717, 1.165) is 21.8 Å². The Hall–Kier alpha value is -3.16. The number of benzene rings is 3. The zero-order valence-electron chi connectivity index (χ0n) is 14.5. The molecule has 0 radical (unpaired) electrons. The molecule has 0 bridgehead atoms. The highest BCUT2D eigenvalue weighted by atomic mass is 32.2. The van der Waals surface area contributed by atoms with E-state index in [9.17, 15) is 8.42 Å². The van der Waals surface area contributed by atoms with Crippen LogP contribution in [0.2, 0.25) is 0 Å². The first-order valence-corrected chi connectivity index (χ1v) is 9.76. The number of anilines is 1. The Bertz CT molecular complexity index is 1170. The van der Waals surface area contributed by atoms with Gasteiger partial charge >= 0.3 is 0 Å². The van der Waals surface area contributed by atoms with Crippen LogP contribution in [-0.4, -0.2) is 20.5 Å². The van der Waals surface area contributed by atoms with Crippen LogP contribution in [0.25, 0.3) is 21.8 Å². The SMILES string of the molecule is COc1ccc(S(=O)(=O)NNc2c3ccccc3nc3ccccc23)cc1. The molecule has 0 saturated carbocycles. The van der Waals surface area contributed by atoms with Crippen LogP contribution >= 0.6 is 0 Å². The second-order valence-corrected chi connectivity index (χ2v) is 7.61. The van der Waals surface area contributed by atoms with Crippen LogP contribution < -0.4 is 15.0 Å². The molecule has 0 aliphatic rings. The van der Waals surface area contributed by atoms with Crippen molar-refractivity contribution < 1.29 is 13.2 Å². The van der Waals surface area contributed by atoms with Gasteiger partial charge in [-0.15, -0.1) is 4.83 Å². The highest BCUT2D eigenvalue weighted by Crippen LogP contribution is 2.30. The van der Waals surface area contributed by atoms with Crippen molar-refractivity contribution in [2.45, 2.75) is 4.90 Å². The van der Waals surface area contributed by atoms with E-state index in [4.69, 9.17) is 4.74 Å². The topological polar surface area (TPSA) is 80.3 Å². The minimum atomic E-state index is -3.76. The summed E-state index contributed by atoms with van der Waals surface area (Å²) in [5.74, 6) is 0.591. The molecular formula is C20H17N3O3S. The third-order valence-corrected chi connectivity index (χ3v) is 5.53. The van der Waals surface area contributed by atoms with E-state index in [2.05, 4.69) is 15.2 Å². The average Bonchev–Trinajstić information content (AvgIpc) is 2.71. The predicted octanol–water partition coefficient (Wildman–Crippen LogP) is 3.70. The van der Waals surface area contributed by atoms with Gasteiger partial charge in [0.05, 0.1) is 28.7 Å². The summed E-state index contributed by atoms with van der Waals surface area (Å²) in [7, 11) is -2.23. The summed E-state index contributed by atoms with van der Waals surface area (Å²) in [6, 6.07) is 21.4. The maximum Gasteiger partial charge on any atom is 0.257 e. The number of ether oxygens (including phenoxy) is 1. The quantitative estimate of drug-likeness (QED) is 0.408. The molecule has 0 amide bonds. The smallest absolute Gasteiger partial charge is 0.257 e. The van der Waals surface area contributed by atoms with Crippen molar-refractivity contribution in [3.8, 4) is 5.75 Å². The van der Waals surface area contributed by atoms with Crippen molar-refractivity contribution in [1.29, 1.82) is 0 Å². The molecule has 0 fully saturated rings. The molecule has 0 unspecified atom stereocenters. The van der Waals surface area contributed by atoms with Gasteiger partial charge < -0.3 is 10.2 Å². The van der Waals surface area contributed by atoms with Gasteiger partial charge in [0.2, 0.25) is 0 Å². The lowest BCUT2D eigenvalue weighted by Gasteiger charge is -2.14. The van der Waals surface area contributed by atoms with E-state index in [1.807, 2.05) is 48.5 Å². The Kier molecular flexibility index (Phi) is 4.39. The van der Waals surface area contributed by atoms with Gasteiger partial charge in [-0.2, -0.15) is 0 Å². The molecule has 4 rings (SSSR count). The van der Waals surface area contributed by atoms with Gasteiger partial charge in [-0.25, -0.2) is 13.4 Å². The zero-order valence-corrected chi connectivity index (χ0v) is 15.3. The molecule has 0 atom stereocenters. The molecule has 6 nitrogen and oxygen atoms in total. The minimum Gasteiger partial charge on any atom is -0.497 e. The summed E-state index contributed by atoms with van der Waals surface area (Å²) in [5, 5.41) is 1.65. The number of rotatable bonds is 5. The maximum atomic E-state index is 12.6. The average molecular weight is 379 g/mol. The molecule has 0 spiro atoms. The Labute approximate surface area is 156 Å². The van der Waals surface area contributed by atoms with Gasteiger partial charge in [0, 0.05) is 10.8 Å². The van der Waals surface area contributed by atoms with Crippen molar-refractivity contribution in [1.82, 2.24) is 9.82 Å². The Balaban J connectivity index is 1.73. The number of hydrogen-bond acceptors (Lipinski definition) is 5. The van der Waals surface area contributed by atoms with Crippen LogP contribution in [0.3, 0.4) is 0 Å². The molecule has 0 aliphatic carbocycles. The highest BCUT2D eigenvalue weighted by molar-refractivity contribution is 7.89. The van der Waals surface area contributed by atoms with E-state index < -0.39 is 10.0 Å². The Morgan fingerprint density at radius 3 is 1.93 bits per heavy atom. The third-order valence-electron chi connectivity index (χ3n) is 4.27. The third kappa shape index (κ3) is 3.30. The van der Waals surface area contributed by atoms with E-state index >= 15 is 0 Å². The standard InChI is InChI=1S/C20H17N3O3S/c1-26-14-10-12-15(13-11-14)27(24,25)23-22-20-16-6-2-4-8-18(16)21-19-9-5-3-7-17(19)20/h2-13,23H,1H3,(H,21,22). The Morgan fingerprint density at radius 1 is 0.815 bits per heavy atom. The van der Waals surface area contributed by atoms with Crippen LogP contribution in [0.1, 0.15) is 0 Å². The van der Waals surface area contributed by atoms with Crippen LogP contribution in [0.15, 0.2) is 77.7 Å². The molecule has 2 N–H and O–H groups in total. The summed E-state index contributed by atoms with van der Waals surface area (Å²) >= 11 is 0. The van der Waals surface area contributed by atoms with E-state index in [-0.39, 0.29) is 4.90 Å². The molecule has 0 aliphatic heterocycles. The lowest BCUT2D eigenvalue weighted by molar-refractivity contribution is 0.414. The van der Waals surface area contributed by atoms with Gasteiger partial charge in [-0.3, -0.25) is 0 Å². The molecule has 4 aromatic rings. The van der Waals surface area contributed by atoms with Gasteiger partial charge in [-0.05, 0) is 36.4 Å². The van der Waals surface area contributed by atoms with Crippen molar-refractivity contribution in [3.05, 3.63) is 72.8 Å². The number of sulfonamides is 1. The number of nitrogens with one attached hydrogen (secondary N) is 2. The van der Waals surface area contributed by atoms with Crippen molar-refractivity contribution in [2.24, 2.45) is 0 Å². The van der Waals surface area contributed by atoms with Gasteiger partial charge in [0.15, 0.2) is 0 Å². The summed E-state index contributed by atoms with van der Waals surface area (Å²) < 4.78 is 30.4. The van der Waals surface area contributed by atoms with Crippen LogP contribution in [0.4, 0.5) is 5.69 Å². The highest BCUT2D eigenvalue weighted by Gasteiger charge is 2.16. The number of pyridine rings is 1. The molecule has 136 valence electrons. The van der Waals surface area contributed by atoms with Crippen LogP contribution in [0.5, 0.6) is 5.75 Å². The number of nitrogens with zero attached hydrogens (tertiary/aromatic N) is 1. The fourth-order valence-corrected chi connectivity index (χ4v) is 3.76. The molecule has 0 saturated heterocycles. The van der Waals surface area contributed by atoms with Crippen molar-refractivity contribution >= 4 is 37.5 Å². The predicted molar refractivity (Wildman–Crippen MR) is 106 cm³/mol. The van der Waals surface area contributed by atoms with E-state index in [1.165, 1.54) is 19.2 Å². The minimum absolute atomic E-state index is 0.137. The second kappa shape index (κ2) is 6.86. The molecule has 7 heteroatoms. The summed E-state index contributed by atoms with van der Waals surface area (Å²) in [5.41, 5.74) is 5.11. The van der Waals surface area contributed by atoms with Crippen LogP contribution in [0, 0.1) is 0 Å². The van der Waals surface area contributed by atoms with Gasteiger partial charge in [0.1, 0.15) is 5.75 Å². The summed E-state index contributed by atoms with van der Waals surface area (Å²) in [6.45, 7) is 0. The largest absolute Gasteiger partial charge is 0.497 e. The first kappa shape index (κ1) is 17.3. The zero-order chi connectivity index (χ0) is 18.9. The number of fused-ring (bicyclic) bond motifs is 2. The van der Waals surface area contributed by atoms with Gasteiger partial charge in [0.25, 0.3) is 10.0 Å². The summed E-state index contributed by atoms with van der Waals surface area (Å²) in [6.07, 6.45) is 0. The Morgan fingerprint density at radius 2 is 1.37 bits per heavy atom. The van der Waals surface area contributed by atoms with Crippen molar-refractivity contribution in [2.75, 3.05) is 12.5 Å². The molecule has 27 heavy (non-hydrogen) atoms. The van der Waals surface area contributed by atoms with Crippen LogP contribution in [-0.2, 0) is 10.0 Å². The number of methoxy groups -OCH3 is 1. The van der Waals surface area contributed by atoms with E-state index in [0.29, 0.717) is 11.4 Å². The maximum absolute atomic E-state index is 12.6. The lowest BCUT2D eigenvalue weighted by atomic mass is 10.1. The monoisotopic (exact) mass is 379 g/mol. The number of hydrogen-bond donors (Lipinski definition) is 2. The van der Waals surface area contributed by atoms with Gasteiger partial charge in [-0.1, -0.05) is 36.4 Å². The molecule has 3 aromatic carbocycles. The summed E-state index contributed by atoms with van der Waals surface area (Å²) in [4.78, 5) is 7.23. The fourth-order valence-electron chi connectivity index (χ4n) is 2.91. The van der Waals surface area contributed by atoms with Crippen molar-refractivity contribution in [3.63, 3.8) is 0 Å². The number of aromatic nitrogens is 1. The second-order valence-electron chi connectivity index (χ2n) is 5.93. The number of hydrazine groups is 1. The first-order chi connectivity index (χ1) is 13.1. The first-order valence-electron chi connectivity index (χ1n) is 8.28. The molecule has 1 heterocycles. The molecular weight excluding hydrogens is 362 g/mol. The normalized spacial score (nSPS) is 11.6. The fraction of sp³-hybridized carbons (Fsp3) is 0.0500. The van der Waals surface area contributed by atoms with E-state index in [1.54, 1.807) is 12.1 Å². The molecule has 1 aromatic heterocycles. The number of para-hydroxylation sites is 2.